The Morgan fingerprint density at radius 3 is 2.27 bits per heavy atom. The van der Waals surface area contributed by atoms with E-state index in [0.29, 0.717) is 5.76 Å². The quantitative estimate of drug-likeness (QED) is 0.134. The Kier molecular flexibility index (Phi) is 15.1. The van der Waals surface area contributed by atoms with Crippen molar-refractivity contribution in [3.05, 3.63) is 24.0 Å². The predicted octanol–water partition coefficient (Wildman–Crippen LogP) is 5.70. The molecule has 4 nitrogen and oxygen atoms in total. The Labute approximate surface area is 134 Å². The lowest BCUT2D eigenvalue weighted by Gasteiger charge is -2.02. The highest BCUT2D eigenvalue weighted by Crippen LogP contribution is 2.11. The summed E-state index contributed by atoms with van der Waals surface area (Å²) in [4.78, 5) is 14.7. The van der Waals surface area contributed by atoms with E-state index < -0.39 is 5.97 Å². The lowest BCUT2D eigenvalue weighted by molar-refractivity contribution is -0.205. The van der Waals surface area contributed by atoms with E-state index in [1.165, 1.54) is 19.3 Å². The van der Waals surface area contributed by atoms with E-state index >= 15 is 0 Å². The van der Waals surface area contributed by atoms with Crippen molar-refractivity contribution in [2.24, 2.45) is 0 Å². The van der Waals surface area contributed by atoms with Gasteiger partial charge in [-0.2, -0.15) is 0 Å². The smallest absolute Gasteiger partial charge is 0.303 e. The Morgan fingerprint density at radius 1 is 0.955 bits per heavy atom. The Bertz CT molecular complexity index is 321. The first-order valence-electron chi connectivity index (χ1n) is 8.59. The van der Waals surface area contributed by atoms with Crippen LogP contribution in [0.3, 0.4) is 0 Å². The lowest BCUT2D eigenvalue weighted by atomic mass is 10.1. The highest BCUT2D eigenvalue weighted by atomic mass is 17.1. The molecule has 0 unspecified atom stereocenters. The van der Waals surface area contributed by atoms with E-state index in [9.17, 15) is 4.79 Å². The molecule has 0 bridgehead atoms. The van der Waals surface area contributed by atoms with E-state index in [2.05, 4.69) is 17.9 Å². The number of rotatable bonds is 15. The zero-order valence-electron chi connectivity index (χ0n) is 13.9. The molecule has 0 aromatic rings. The molecule has 4 heteroatoms. The summed E-state index contributed by atoms with van der Waals surface area (Å²) < 4.78 is 0. The maximum absolute atomic E-state index is 10.3. The van der Waals surface area contributed by atoms with Crippen LogP contribution in [0.2, 0.25) is 0 Å². The predicted molar refractivity (Wildman–Crippen MR) is 89.7 cm³/mol. The van der Waals surface area contributed by atoms with Crippen LogP contribution in [0, 0.1) is 0 Å². The molecule has 128 valence electrons. The van der Waals surface area contributed by atoms with Crippen LogP contribution >= 0.6 is 0 Å². The summed E-state index contributed by atoms with van der Waals surface area (Å²) in [5.41, 5.74) is 0. The molecule has 0 amide bonds. The van der Waals surface area contributed by atoms with Gasteiger partial charge in [-0.25, -0.2) is 5.26 Å². The van der Waals surface area contributed by atoms with Crippen LogP contribution in [0.25, 0.3) is 0 Å². The number of carboxylic acid groups (broad SMARTS) is 1. The van der Waals surface area contributed by atoms with Gasteiger partial charge >= 0.3 is 5.97 Å². The molecule has 0 saturated carbocycles. The minimum atomic E-state index is -0.702. The second-order valence-electron chi connectivity index (χ2n) is 5.66. The van der Waals surface area contributed by atoms with Gasteiger partial charge in [-0.15, -0.1) is 0 Å². The molecule has 0 aliphatic rings. The molecule has 0 radical (unpaired) electrons. The van der Waals surface area contributed by atoms with Crippen LogP contribution in [0.5, 0.6) is 0 Å². The second-order valence-corrected chi connectivity index (χ2v) is 5.66. The number of carbonyl (C=O) groups is 1. The average molecular weight is 312 g/mol. The topological polar surface area (TPSA) is 66.8 Å². The van der Waals surface area contributed by atoms with Crippen molar-refractivity contribution in [2.75, 3.05) is 0 Å². The van der Waals surface area contributed by atoms with Crippen molar-refractivity contribution in [2.45, 2.75) is 84.0 Å². The third-order valence-electron chi connectivity index (χ3n) is 3.57. The summed E-state index contributed by atoms with van der Waals surface area (Å²) in [6.07, 6.45) is 17.7. The lowest BCUT2D eigenvalue weighted by Crippen LogP contribution is -1.93. The molecule has 22 heavy (non-hydrogen) atoms. The Morgan fingerprint density at radius 2 is 1.59 bits per heavy atom. The van der Waals surface area contributed by atoms with Gasteiger partial charge in [-0.05, 0) is 31.8 Å². The van der Waals surface area contributed by atoms with Gasteiger partial charge in [0, 0.05) is 12.8 Å². The summed E-state index contributed by atoms with van der Waals surface area (Å²) in [7, 11) is 0. The molecule has 0 spiro atoms. The molecule has 0 aliphatic heterocycles. The molecule has 0 fully saturated rings. The number of aliphatic carboxylic acids is 1. The van der Waals surface area contributed by atoms with Gasteiger partial charge in [0.1, 0.15) is 5.76 Å². The van der Waals surface area contributed by atoms with Gasteiger partial charge in [0.2, 0.25) is 0 Å². The molecular weight excluding hydrogens is 280 g/mol. The van der Waals surface area contributed by atoms with E-state index in [1.54, 1.807) is 0 Å². The van der Waals surface area contributed by atoms with Gasteiger partial charge in [0.25, 0.3) is 0 Å². The maximum atomic E-state index is 10.3. The number of hydrogen-bond acceptors (Lipinski definition) is 3. The fourth-order valence-corrected chi connectivity index (χ4v) is 2.23. The largest absolute Gasteiger partial charge is 0.481 e. The van der Waals surface area contributed by atoms with Gasteiger partial charge in [-0.1, -0.05) is 57.6 Å². The molecule has 0 rings (SSSR count). The summed E-state index contributed by atoms with van der Waals surface area (Å²) in [5.74, 6) is -0.0765. The summed E-state index contributed by atoms with van der Waals surface area (Å²) in [5, 5.41) is 17.3. The van der Waals surface area contributed by atoms with Crippen molar-refractivity contribution < 1.29 is 20.0 Å². The molecular formula is C18H32O4. The number of carboxylic acids is 1. The molecule has 0 aromatic carbocycles. The second kappa shape index (κ2) is 16.1. The first-order valence-corrected chi connectivity index (χ1v) is 8.59. The van der Waals surface area contributed by atoms with E-state index in [4.69, 9.17) is 10.4 Å². The van der Waals surface area contributed by atoms with Crippen LogP contribution in [-0.2, 0) is 9.68 Å². The monoisotopic (exact) mass is 312 g/mol. The van der Waals surface area contributed by atoms with Gasteiger partial charge in [0.05, 0.1) is 0 Å². The van der Waals surface area contributed by atoms with Crippen LogP contribution in [0.15, 0.2) is 24.0 Å². The van der Waals surface area contributed by atoms with E-state index in [0.717, 1.165) is 51.4 Å². The normalized spacial score (nSPS) is 12.0. The maximum Gasteiger partial charge on any atom is 0.303 e. The van der Waals surface area contributed by atoms with Crippen LogP contribution in [-0.4, -0.2) is 16.3 Å². The van der Waals surface area contributed by atoms with Crippen molar-refractivity contribution in [3.8, 4) is 0 Å². The first kappa shape index (κ1) is 20.7. The minimum Gasteiger partial charge on any atom is -0.481 e. The number of allylic oxidation sites excluding steroid dienone is 4. The standard InChI is InChI=1S/C18H32O4/c1-2-3-4-11-14-17(22-21)15-12-9-7-5-6-8-10-13-16-18(19)20/h9,12,15,21H,2-8,10-11,13-14,16H2,1H3,(H,19,20)/b12-9+,17-15-. The molecule has 0 saturated heterocycles. The summed E-state index contributed by atoms with van der Waals surface area (Å²) in [6, 6.07) is 0. The molecule has 0 heterocycles. The Hall–Kier alpha value is -1.29. The molecule has 0 aromatic heterocycles. The number of unbranched alkanes of at least 4 members (excludes halogenated alkanes) is 8. The Balaban J connectivity index is 3.56. The van der Waals surface area contributed by atoms with Crippen LogP contribution < -0.4 is 0 Å². The average Bonchev–Trinajstić information content (AvgIpc) is 2.50. The molecule has 0 aliphatic carbocycles. The minimum absolute atomic E-state index is 0.285. The third-order valence-corrected chi connectivity index (χ3v) is 3.57. The SMILES string of the molecule is CCCCCC/C(=C/C=C/CCCCCCCC(=O)O)OO. The summed E-state index contributed by atoms with van der Waals surface area (Å²) in [6.45, 7) is 2.17. The van der Waals surface area contributed by atoms with Gasteiger partial charge < -0.3 is 9.99 Å². The number of hydrogen-bond donors (Lipinski definition) is 2. The summed E-state index contributed by atoms with van der Waals surface area (Å²) >= 11 is 0. The zero-order valence-corrected chi connectivity index (χ0v) is 13.9. The fourth-order valence-electron chi connectivity index (χ4n) is 2.23. The van der Waals surface area contributed by atoms with Crippen molar-refractivity contribution in [1.29, 1.82) is 0 Å². The van der Waals surface area contributed by atoms with Gasteiger partial charge in [0.15, 0.2) is 0 Å². The highest BCUT2D eigenvalue weighted by molar-refractivity contribution is 5.66. The van der Waals surface area contributed by atoms with Crippen molar-refractivity contribution in [3.63, 3.8) is 0 Å². The van der Waals surface area contributed by atoms with E-state index in [-0.39, 0.29) is 6.42 Å². The molecule has 0 atom stereocenters. The highest BCUT2D eigenvalue weighted by Gasteiger charge is 1.97. The zero-order chi connectivity index (χ0) is 16.5. The van der Waals surface area contributed by atoms with E-state index in [1.807, 2.05) is 12.2 Å². The van der Waals surface area contributed by atoms with Crippen LogP contribution in [0.1, 0.15) is 84.0 Å². The first-order chi connectivity index (χ1) is 10.7. The third kappa shape index (κ3) is 15.1. The van der Waals surface area contributed by atoms with Crippen LogP contribution in [0.4, 0.5) is 0 Å². The van der Waals surface area contributed by atoms with Crippen molar-refractivity contribution in [1.82, 2.24) is 0 Å². The fraction of sp³-hybridized carbons (Fsp3) is 0.722. The molecule has 2 N–H and O–H groups in total. The van der Waals surface area contributed by atoms with Gasteiger partial charge in [-0.3, -0.25) is 4.79 Å². The van der Waals surface area contributed by atoms with Crippen molar-refractivity contribution >= 4 is 5.97 Å².